The molecule has 2 aromatic carbocycles. The van der Waals surface area contributed by atoms with Crippen molar-refractivity contribution in [1.82, 2.24) is 5.32 Å². The predicted octanol–water partition coefficient (Wildman–Crippen LogP) is 3.11. The highest BCUT2D eigenvalue weighted by Gasteiger charge is 2.02. The van der Waals surface area contributed by atoms with Gasteiger partial charge >= 0.3 is 0 Å². The lowest BCUT2D eigenvalue weighted by molar-refractivity contribution is 0.373. The molecular formula is C15H18ClNO2. The lowest BCUT2D eigenvalue weighted by Gasteiger charge is -2.08. The minimum Gasteiger partial charge on any atom is -0.504 e. The Hall–Kier alpha value is -1.71. The first kappa shape index (κ1) is 15.3. The maximum Gasteiger partial charge on any atom is 0.160 e. The van der Waals surface area contributed by atoms with E-state index in [0.717, 1.165) is 18.7 Å². The second kappa shape index (κ2) is 7.67. The van der Waals surface area contributed by atoms with Gasteiger partial charge in [-0.3, -0.25) is 0 Å². The molecule has 2 aromatic rings. The third kappa shape index (κ3) is 4.47. The molecule has 0 aliphatic rings. The van der Waals surface area contributed by atoms with Gasteiger partial charge in [0, 0.05) is 13.1 Å². The standard InChI is InChI=1S/C15H17NO2.ClH/c1-18-15-9-13(7-8-14(15)17)11-16-10-12-5-3-2-4-6-12;/h2-9,16-17H,10-11H2,1H3;1H. The molecule has 102 valence electrons. The first-order chi connectivity index (χ1) is 8.79. The van der Waals surface area contributed by atoms with Crippen molar-refractivity contribution in [2.45, 2.75) is 13.1 Å². The zero-order valence-electron chi connectivity index (χ0n) is 10.8. The van der Waals surface area contributed by atoms with Crippen molar-refractivity contribution in [3.05, 3.63) is 59.7 Å². The summed E-state index contributed by atoms with van der Waals surface area (Å²) in [6, 6.07) is 15.6. The van der Waals surface area contributed by atoms with Gasteiger partial charge in [0.25, 0.3) is 0 Å². The molecule has 0 unspecified atom stereocenters. The molecule has 0 aromatic heterocycles. The van der Waals surface area contributed by atoms with Gasteiger partial charge in [0.2, 0.25) is 0 Å². The van der Waals surface area contributed by atoms with Crippen molar-refractivity contribution in [3.8, 4) is 11.5 Å². The summed E-state index contributed by atoms with van der Waals surface area (Å²) in [6.45, 7) is 1.57. The Morgan fingerprint density at radius 2 is 1.68 bits per heavy atom. The molecule has 0 saturated heterocycles. The fraction of sp³-hybridized carbons (Fsp3) is 0.200. The molecule has 0 amide bonds. The number of hydrogen-bond donors (Lipinski definition) is 2. The Labute approximate surface area is 119 Å². The number of methoxy groups -OCH3 is 1. The monoisotopic (exact) mass is 279 g/mol. The summed E-state index contributed by atoms with van der Waals surface area (Å²) in [7, 11) is 1.55. The molecule has 0 bridgehead atoms. The van der Waals surface area contributed by atoms with Crippen LogP contribution in [0.15, 0.2) is 48.5 Å². The van der Waals surface area contributed by atoms with E-state index >= 15 is 0 Å². The lowest BCUT2D eigenvalue weighted by atomic mass is 10.2. The summed E-state index contributed by atoms with van der Waals surface area (Å²) in [5.41, 5.74) is 2.34. The van der Waals surface area contributed by atoms with Gasteiger partial charge < -0.3 is 15.2 Å². The molecule has 2 N–H and O–H groups in total. The average molecular weight is 280 g/mol. The van der Waals surface area contributed by atoms with Gasteiger partial charge in [-0.15, -0.1) is 12.4 Å². The first-order valence-corrected chi connectivity index (χ1v) is 5.90. The number of aromatic hydroxyl groups is 1. The summed E-state index contributed by atoms with van der Waals surface area (Å²) in [5, 5.41) is 12.8. The zero-order valence-corrected chi connectivity index (χ0v) is 11.6. The van der Waals surface area contributed by atoms with Crippen LogP contribution < -0.4 is 10.1 Å². The normalized spacial score (nSPS) is 9.74. The third-order valence-corrected chi connectivity index (χ3v) is 2.75. The van der Waals surface area contributed by atoms with Crippen molar-refractivity contribution < 1.29 is 9.84 Å². The van der Waals surface area contributed by atoms with Gasteiger partial charge in [-0.1, -0.05) is 36.4 Å². The Morgan fingerprint density at radius 3 is 2.37 bits per heavy atom. The van der Waals surface area contributed by atoms with Crippen LogP contribution in [0.4, 0.5) is 0 Å². The number of benzene rings is 2. The molecule has 3 nitrogen and oxygen atoms in total. The molecule has 0 atom stereocenters. The van der Waals surface area contributed by atoms with E-state index in [-0.39, 0.29) is 18.2 Å². The van der Waals surface area contributed by atoms with Crippen LogP contribution in [0, 0.1) is 0 Å². The van der Waals surface area contributed by atoms with Crippen LogP contribution in [0.5, 0.6) is 11.5 Å². The first-order valence-electron chi connectivity index (χ1n) is 5.90. The fourth-order valence-corrected chi connectivity index (χ4v) is 1.78. The second-order valence-electron chi connectivity index (χ2n) is 4.10. The number of phenols is 1. The van der Waals surface area contributed by atoms with Gasteiger partial charge in [0.1, 0.15) is 0 Å². The molecule has 19 heavy (non-hydrogen) atoms. The van der Waals surface area contributed by atoms with Gasteiger partial charge in [-0.05, 0) is 23.3 Å². The molecule has 0 fully saturated rings. The van der Waals surface area contributed by atoms with Crippen LogP contribution in [0.25, 0.3) is 0 Å². The second-order valence-corrected chi connectivity index (χ2v) is 4.10. The highest BCUT2D eigenvalue weighted by atomic mass is 35.5. The van der Waals surface area contributed by atoms with E-state index in [0.29, 0.717) is 5.75 Å². The minimum absolute atomic E-state index is 0. The van der Waals surface area contributed by atoms with E-state index in [1.54, 1.807) is 13.2 Å². The van der Waals surface area contributed by atoms with Crippen molar-refractivity contribution in [2.24, 2.45) is 0 Å². The van der Waals surface area contributed by atoms with Gasteiger partial charge in [0.15, 0.2) is 11.5 Å². The lowest BCUT2D eigenvalue weighted by Crippen LogP contribution is -2.12. The van der Waals surface area contributed by atoms with E-state index in [9.17, 15) is 5.11 Å². The zero-order chi connectivity index (χ0) is 12.8. The highest BCUT2D eigenvalue weighted by Crippen LogP contribution is 2.26. The van der Waals surface area contributed by atoms with Crippen LogP contribution in [-0.4, -0.2) is 12.2 Å². The molecule has 2 rings (SSSR count). The largest absolute Gasteiger partial charge is 0.504 e. The molecule has 0 radical (unpaired) electrons. The minimum atomic E-state index is 0. The third-order valence-electron chi connectivity index (χ3n) is 2.75. The summed E-state index contributed by atoms with van der Waals surface area (Å²) in [4.78, 5) is 0. The van der Waals surface area contributed by atoms with Crippen molar-refractivity contribution in [1.29, 1.82) is 0 Å². The summed E-state index contributed by atoms with van der Waals surface area (Å²) in [5.74, 6) is 0.679. The molecule has 4 heteroatoms. The summed E-state index contributed by atoms with van der Waals surface area (Å²) < 4.78 is 5.07. The van der Waals surface area contributed by atoms with Crippen LogP contribution >= 0.6 is 12.4 Å². The van der Waals surface area contributed by atoms with Crippen molar-refractivity contribution in [3.63, 3.8) is 0 Å². The van der Waals surface area contributed by atoms with E-state index in [2.05, 4.69) is 17.4 Å². The summed E-state index contributed by atoms with van der Waals surface area (Å²) >= 11 is 0. The fourth-order valence-electron chi connectivity index (χ4n) is 1.78. The topological polar surface area (TPSA) is 41.5 Å². The van der Waals surface area contributed by atoms with E-state index in [1.807, 2.05) is 30.3 Å². The number of phenolic OH excluding ortho intramolecular Hbond substituents is 1. The van der Waals surface area contributed by atoms with Crippen LogP contribution in [0.3, 0.4) is 0 Å². The van der Waals surface area contributed by atoms with E-state index in [1.165, 1.54) is 5.56 Å². The number of nitrogens with one attached hydrogen (secondary N) is 1. The average Bonchev–Trinajstić information content (AvgIpc) is 2.42. The molecule has 0 saturated carbocycles. The van der Waals surface area contributed by atoms with Crippen molar-refractivity contribution >= 4 is 12.4 Å². The number of halogens is 1. The maximum atomic E-state index is 9.49. The Morgan fingerprint density at radius 1 is 1.00 bits per heavy atom. The van der Waals surface area contributed by atoms with Crippen molar-refractivity contribution in [2.75, 3.05) is 7.11 Å². The Balaban J connectivity index is 0.00000180. The number of hydrogen-bond acceptors (Lipinski definition) is 3. The van der Waals surface area contributed by atoms with Gasteiger partial charge in [-0.25, -0.2) is 0 Å². The molecule has 0 aliphatic heterocycles. The predicted molar refractivity (Wildman–Crippen MR) is 78.9 cm³/mol. The van der Waals surface area contributed by atoms with Gasteiger partial charge in [-0.2, -0.15) is 0 Å². The van der Waals surface area contributed by atoms with E-state index < -0.39 is 0 Å². The molecule has 0 spiro atoms. The quantitative estimate of drug-likeness (QED) is 0.884. The smallest absolute Gasteiger partial charge is 0.160 e. The summed E-state index contributed by atoms with van der Waals surface area (Å²) in [6.07, 6.45) is 0. The van der Waals surface area contributed by atoms with Gasteiger partial charge in [0.05, 0.1) is 7.11 Å². The number of ether oxygens (including phenoxy) is 1. The Bertz CT molecular complexity index is 503. The highest BCUT2D eigenvalue weighted by molar-refractivity contribution is 5.85. The van der Waals surface area contributed by atoms with Crippen LogP contribution in [-0.2, 0) is 13.1 Å². The van der Waals surface area contributed by atoms with Crippen LogP contribution in [0.1, 0.15) is 11.1 Å². The Kier molecular flexibility index (Phi) is 6.19. The van der Waals surface area contributed by atoms with E-state index in [4.69, 9.17) is 4.74 Å². The van der Waals surface area contributed by atoms with Crippen LogP contribution in [0.2, 0.25) is 0 Å². The molecular weight excluding hydrogens is 262 g/mol. The maximum absolute atomic E-state index is 9.49. The molecule has 0 heterocycles. The SMILES string of the molecule is COc1cc(CNCc2ccccc2)ccc1O.Cl. The number of rotatable bonds is 5. The molecule has 0 aliphatic carbocycles.